The lowest BCUT2D eigenvalue weighted by atomic mass is 10.2. The Morgan fingerprint density at radius 2 is 2.25 bits per heavy atom. The minimum Gasteiger partial charge on any atom is -0.253 e. The van der Waals surface area contributed by atoms with E-state index in [1.807, 2.05) is 6.07 Å². The Hall–Kier alpha value is -2.24. The molecule has 0 aliphatic heterocycles. The molecule has 1 aromatic heterocycles. The minimum absolute atomic E-state index is 0.0947. The lowest BCUT2D eigenvalue weighted by Gasteiger charge is -2.06. The SMILES string of the molecule is N#Cc1cccc(S(=O)(=O)NCCCn2cncn2)c1. The van der Waals surface area contributed by atoms with Crippen molar-refractivity contribution in [3.8, 4) is 6.07 Å². The van der Waals surface area contributed by atoms with Gasteiger partial charge < -0.3 is 0 Å². The third-order valence-corrected chi connectivity index (χ3v) is 4.05. The largest absolute Gasteiger partial charge is 0.253 e. The summed E-state index contributed by atoms with van der Waals surface area (Å²) in [5, 5.41) is 12.7. The summed E-state index contributed by atoms with van der Waals surface area (Å²) >= 11 is 0. The van der Waals surface area contributed by atoms with Crippen LogP contribution in [0.2, 0.25) is 0 Å². The summed E-state index contributed by atoms with van der Waals surface area (Å²) in [4.78, 5) is 3.89. The third kappa shape index (κ3) is 3.63. The first-order valence-corrected chi connectivity index (χ1v) is 7.42. The molecule has 0 amide bonds. The van der Waals surface area contributed by atoms with Crippen molar-refractivity contribution < 1.29 is 8.42 Å². The molecule has 0 unspecified atom stereocenters. The number of aromatic nitrogens is 3. The standard InChI is InChI=1S/C12H13N5O2S/c13-8-11-3-1-4-12(7-11)20(18,19)16-5-2-6-17-10-14-9-15-17/h1,3-4,7,9-10,16H,2,5-6H2. The normalized spacial score (nSPS) is 11.2. The van der Waals surface area contributed by atoms with Gasteiger partial charge in [0.25, 0.3) is 0 Å². The highest BCUT2D eigenvalue weighted by Crippen LogP contribution is 2.10. The fourth-order valence-corrected chi connectivity index (χ4v) is 2.73. The van der Waals surface area contributed by atoms with Crippen molar-refractivity contribution in [2.45, 2.75) is 17.9 Å². The summed E-state index contributed by atoms with van der Waals surface area (Å²) in [6.07, 6.45) is 3.60. The van der Waals surface area contributed by atoms with Gasteiger partial charge in [0.15, 0.2) is 0 Å². The van der Waals surface area contributed by atoms with Crippen LogP contribution in [0.5, 0.6) is 0 Å². The Bertz CT molecular complexity index is 704. The van der Waals surface area contributed by atoms with Gasteiger partial charge in [0.05, 0.1) is 16.5 Å². The zero-order valence-electron chi connectivity index (χ0n) is 10.6. The van der Waals surface area contributed by atoms with Crippen LogP contribution in [-0.2, 0) is 16.6 Å². The van der Waals surface area contributed by atoms with Gasteiger partial charge >= 0.3 is 0 Å². The lowest BCUT2D eigenvalue weighted by Crippen LogP contribution is -2.25. The van der Waals surface area contributed by atoms with E-state index in [4.69, 9.17) is 5.26 Å². The van der Waals surface area contributed by atoms with Crippen LogP contribution in [-0.4, -0.2) is 29.7 Å². The highest BCUT2D eigenvalue weighted by molar-refractivity contribution is 7.89. The Morgan fingerprint density at radius 1 is 1.40 bits per heavy atom. The Labute approximate surface area is 116 Å². The Morgan fingerprint density at radius 3 is 2.95 bits per heavy atom. The zero-order valence-corrected chi connectivity index (χ0v) is 11.4. The summed E-state index contributed by atoms with van der Waals surface area (Å²) < 4.78 is 28.1. The van der Waals surface area contributed by atoms with Crippen molar-refractivity contribution in [3.05, 3.63) is 42.5 Å². The van der Waals surface area contributed by atoms with E-state index in [9.17, 15) is 8.42 Å². The van der Waals surface area contributed by atoms with E-state index in [0.717, 1.165) is 0 Å². The van der Waals surface area contributed by atoms with Gasteiger partial charge in [0, 0.05) is 13.1 Å². The molecule has 20 heavy (non-hydrogen) atoms. The molecular formula is C12H13N5O2S. The number of nitrogens with zero attached hydrogens (tertiary/aromatic N) is 4. The van der Waals surface area contributed by atoms with E-state index in [2.05, 4.69) is 14.8 Å². The molecule has 8 heteroatoms. The van der Waals surface area contributed by atoms with Gasteiger partial charge in [-0.1, -0.05) is 6.07 Å². The number of rotatable bonds is 6. The van der Waals surface area contributed by atoms with Crippen molar-refractivity contribution in [1.82, 2.24) is 19.5 Å². The second kappa shape index (κ2) is 6.27. The van der Waals surface area contributed by atoms with Gasteiger partial charge in [-0.05, 0) is 24.6 Å². The molecule has 1 aromatic carbocycles. The molecule has 1 heterocycles. The van der Waals surface area contributed by atoms with E-state index in [0.29, 0.717) is 25.1 Å². The van der Waals surface area contributed by atoms with Gasteiger partial charge in [-0.15, -0.1) is 0 Å². The van der Waals surface area contributed by atoms with Gasteiger partial charge in [-0.2, -0.15) is 10.4 Å². The molecule has 0 aliphatic carbocycles. The molecule has 1 N–H and O–H groups in total. The van der Waals surface area contributed by atoms with Crippen LogP contribution in [0.3, 0.4) is 0 Å². The molecule has 0 bridgehead atoms. The molecule has 2 aromatic rings. The predicted octanol–water partition coefficient (Wildman–Crippen LogP) is 0.518. The zero-order chi connectivity index (χ0) is 14.4. The van der Waals surface area contributed by atoms with Crippen LogP contribution in [0.4, 0.5) is 0 Å². The lowest BCUT2D eigenvalue weighted by molar-refractivity contribution is 0.552. The molecule has 0 radical (unpaired) electrons. The molecule has 7 nitrogen and oxygen atoms in total. The maximum atomic E-state index is 12.0. The summed E-state index contributed by atoms with van der Waals surface area (Å²) in [6, 6.07) is 7.82. The Kier molecular flexibility index (Phi) is 4.45. The summed E-state index contributed by atoms with van der Waals surface area (Å²) in [5.74, 6) is 0. The second-order valence-corrected chi connectivity index (χ2v) is 5.82. The molecule has 0 fully saturated rings. The summed E-state index contributed by atoms with van der Waals surface area (Å²) in [5.41, 5.74) is 0.315. The quantitative estimate of drug-likeness (QED) is 0.782. The average molecular weight is 291 g/mol. The number of nitrogens with one attached hydrogen (secondary N) is 1. The summed E-state index contributed by atoms with van der Waals surface area (Å²) in [7, 11) is -3.58. The molecule has 0 aliphatic rings. The summed E-state index contributed by atoms with van der Waals surface area (Å²) in [6.45, 7) is 0.875. The molecule has 0 atom stereocenters. The number of nitriles is 1. The van der Waals surface area contributed by atoms with Gasteiger partial charge in [-0.25, -0.2) is 18.1 Å². The molecule has 2 rings (SSSR count). The van der Waals surface area contributed by atoms with E-state index < -0.39 is 10.0 Å². The van der Waals surface area contributed by atoms with E-state index in [-0.39, 0.29) is 4.90 Å². The van der Waals surface area contributed by atoms with Gasteiger partial charge in [0.1, 0.15) is 12.7 Å². The van der Waals surface area contributed by atoms with E-state index >= 15 is 0 Å². The van der Waals surface area contributed by atoms with Crippen molar-refractivity contribution in [1.29, 1.82) is 5.26 Å². The molecule has 0 saturated heterocycles. The number of hydrogen-bond acceptors (Lipinski definition) is 5. The van der Waals surface area contributed by atoms with Crippen LogP contribution < -0.4 is 4.72 Å². The average Bonchev–Trinajstić information content (AvgIpc) is 2.97. The maximum Gasteiger partial charge on any atom is 0.240 e. The van der Waals surface area contributed by atoms with Gasteiger partial charge in [0.2, 0.25) is 10.0 Å². The number of hydrogen-bond donors (Lipinski definition) is 1. The maximum absolute atomic E-state index is 12.0. The number of aryl methyl sites for hydroxylation is 1. The third-order valence-electron chi connectivity index (χ3n) is 2.60. The first-order valence-electron chi connectivity index (χ1n) is 5.94. The van der Waals surface area contributed by atoms with Crippen molar-refractivity contribution >= 4 is 10.0 Å². The number of benzene rings is 1. The van der Waals surface area contributed by atoms with E-state index in [1.54, 1.807) is 23.1 Å². The highest BCUT2D eigenvalue weighted by Gasteiger charge is 2.13. The molecular weight excluding hydrogens is 278 g/mol. The first kappa shape index (κ1) is 14.2. The topological polar surface area (TPSA) is 101 Å². The van der Waals surface area contributed by atoms with Crippen molar-refractivity contribution in [2.24, 2.45) is 0 Å². The van der Waals surface area contributed by atoms with E-state index in [1.165, 1.54) is 18.5 Å². The first-order chi connectivity index (χ1) is 9.62. The highest BCUT2D eigenvalue weighted by atomic mass is 32.2. The Balaban J connectivity index is 1.92. The minimum atomic E-state index is -3.58. The number of sulfonamides is 1. The fourth-order valence-electron chi connectivity index (χ4n) is 1.61. The van der Waals surface area contributed by atoms with Crippen molar-refractivity contribution in [3.63, 3.8) is 0 Å². The van der Waals surface area contributed by atoms with Crippen LogP contribution in [0, 0.1) is 11.3 Å². The fraction of sp³-hybridized carbons (Fsp3) is 0.250. The van der Waals surface area contributed by atoms with Crippen molar-refractivity contribution in [2.75, 3.05) is 6.54 Å². The predicted molar refractivity (Wildman–Crippen MR) is 71.0 cm³/mol. The van der Waals surface area contributed by atoms with Gasteiger partial charge in [-0.3, -0.25) is 4.68 Å². The smallest absolute Gasteiger partial charge is 0.240 e. The second-order valence-electron chi connectivity index (χ2n) is 4.05. The molecule has 0 saturated carbocycles. The monoisotopic (exact) mass is 291 g/mol. The molecule has 104 valence electrons. The van der Waals surface area contributed by atoms with Crippen LogP contribution in [0.1, 0.15) is 12.0 Å². The van der Waals surface area contributed by atoms with Crippen LogP contribution in [0.25, 0.3) is 0 Å². The van der Waals surface area contributed by atoms with Crippen LogP contribution >= 0.6 is 0 Å². The molecule has 0 spiro atoms. The van der Waals surface area contributed by atoms with Crippen LogP contribution in [0.15, 0.2) is 41.8 Å².